The number of fused-ring (bicyclic) bond motifs is 1. The molecule has 8 nitrogen and oxygen atoms in total. The highest BCUT2D eigenvalue weighted by Crippen LogP contribution is 2.30. The van der Waals surface area contributed by atoms with Gasteiger partial charge in [0.25, 0.3) is 11.6 Å². The molecule has 0 radical (unpaired) electrons. The highest BCUT2D eigenvalue weighted by molar-refractivity contribution is 5.77. The van der Waals surface area contributed by atoms with Crippen molar-refractivity contribution in [2.24, 2.45) is 0 Å². The third-order valence-electron chi connectivity index (χ3n) is 3.83. The van der Waals surface area contributed by atoms with E-state index in [-0.39, 0.29) is 30.9 Å². The van der Waals surface area contributed by atoms with Crippen LogP contribution in [0, 0.1) is 17.0 Å². The fourth-order valence-electron chi connectivity index (χ4n) is 2.51. The number of hydrogen-bond donors (Lipinski definition) is 1. The molecular weight excluding hydrogens is 340 g/mol. The Hall–Kier alpha value is -3.29. The van der Waals surface area contributed by atoms with E-state index < -0.39 is 4.92 Å². The Morgan fingerprint density at radius 1 is 1.31 bits per heavy atom. The summed E-state index contributed by atoms with van der Waals surface area (Å²) in [6, 6.07) is 11.7. The van der Waals surface area contributed by atoms with E-state index in [1.807, 2.05) is 24.3 Å². The summed E-state index contributed by atoms with van der Waals surface area (Å²) in [7, 11) is 0. The topological polar surface area (TPSA) is 99.9 Å². The molecule has 0 saturated heterocycles. The molecule has 0 unspecified atom stereocenters. The normalized spacial score (nSPS) is 15.2. The molecule has 0 aliphatic carbocycles. The lowest BCUT2D eigenvalue weighted by Crippen LogP contribution is -2.42. The zero-order valence-corrected chi connectivity index (χ0v) is 14.1. The van der Waals surface area contributed by atoms with Gasteiger partial charge in [-0.1, -0.05) is 12.1 Å². The first-order valence-electron chi connectivity index (χ1n) is 8.06. The highest BCUT2D eigenvalue weighted by Gasteiger charge is 2.21. The van der Waals surface area contributed by atoms with Gasteiger partial charge in [-0.15, -0.1) is 0 Å². The maximum Gasteiger partial charge on any atom is 0.272 e. The van der Waals surface area contributed by atoms with Gasteiger partial charge in [-0.2, -0.15) is 0 Å². The van der Waals surface area contributed by atoms with Crippen LogP contribution in [0.4, 0.5) is 5.69 Å². The Balaban J connectivity index is 1.45. The van der Waals surface area contributed by atoms with Gasteiger partial charge in [-0.05, 0) is 31.2 Å². The van der Waals surface area contributed by atoms with Gasteiger partial charge in [0.1, 0.15) is 18.5 Å². The van der Waals surface area contributed by atoms with Gasteiger partial charge in [0, 0.05) is 11.6 Å². The maximum absolute atomic E-state index is 11.9. The molecule has 1 amide bonds. The van der Waals surface area contributed by atoms with Gasteiger partial charge in [-0.3, -0.25) is 14.9 Å². The highest BCUT2D eigenvalue weighted by atomic mass is 16.6. The number of nitrogens with one attached hydrogen (secondary N) is 1. The molecule has 0 bridgehead atoms. The van der Waals surface area contributed by atoms with Crippen LogP contribution in [-0.4, -0.2) is 36.7 Å². The van der Waals surface area contributed by atoms with Gasteiger partial charge in [0.2, 0.25) is 0 Å². The third kappa shape index (κ3) is 4.21. The number of benzene rings is 2. The largest absolute Gasteiger partial charge is 0.486 e. The Kier molecular flexibility index (Phi) is 5.21. The second-order valence-electron chi connectivity index (χ2n) is 5.80. The number of nitro groups is 1. The smallest absolute Gasteiger partial charge is 0.272 e. The van der Waals surface area contributed by atoms with Crippen LogP contribution in [0.25, 0.3) is 0 Å². The van der Waals surface area contributed by atoms with Crippen molar-refractivity contribution in [3.05, 3.63) is 58.1 Å². The fourth-order valence-corrected chi connectivity index (χ4v) is 2.51. The molecule has 1 aliphatic heterocycles. The van der Waals surface area contributed by atoms with E-state index in [4.69, 9.17) is 14.2 Å². The summed E-state index contributed by atoms with van der Waals surface area (Å²) in [5.74, 6) is 1.42. The molecule has 2 aromatic rings. The lowest BCUT2D eigenvalue weighted by atomic mass is 10.2. The first-order valence-corrected chi connectivity index (χ1v) is 8.06. The van der Waals surface area contributed by atoms with Crippen molar-refractivity contribution in [3.63, 3.8) is 0 Å². The van der Waals surface area contributed by atoms with Crippen LogP contribution in [0.2, 0.25) is 0 Å². The van der Waals surface area contributed by atoms with Crippen molar-refractivity contribution >= 4 is 11.6 Å². The van der Waals surface area contributed by atoms with Crippen LogP contribution in [0.15, 0.2) is 42.5 Å². The standard InChI is InChI=1S/C18H18N2O6/c1-12-8-13(6-7-15(12)20(22)23)24-11-18(21)19-9-14-10-25-16-4-2-3-5-17(16)26-14/h2-8,14H,9-11H2,1H3,(H,19,21)/t14-/m0/s1. The molecule has 0 saturated carbocycles. The van der Waals surface area contributed by atoms with Crippen molar-refractivity contribution in [1.29, 1.82) is 0 Å². The molecule has 2 aromatic carbocycles. The quantitative estimate of drug-likeness (QED) is 0.628. The summed E-state index contributed by atoms with van der Waals surface area (Å²) >= 11 is 0. The average Bonchev–Trinajstić information content (AvgIpc) is 2.64. The van der Waals surface area contributed by atoms with Crippen molar-refractivity contribution < 1.29 is 23.9 Å². The van der Waals surface area contributed by atoms with E-state index in [0.29, 0.717) is 29.4 Å². The maximum atomic E-state index is 11.9. The second kappa shape index (κ2) is 7.73. The molecule has 1 heterocycles. The number of carbonyl (C=O) groups is 1. The van der Waals surface area contributed by atoms with Gasteiger partial charge < -0.3 is 19.5 Å². The van der Waals surface area contributed by atoms with Crippen LogP contribution in [-0.2, 0) is 4.79 Å². The van der Waals surface area contributed by atoms with E-state index in [9.17, 15) is 14.9 Å². The number of aryl methyl sites for hydroxylation is 1. The van der Waals surface area contributed by atoms with E-state index in [1.54, 1.807) is 6.92 Å². The summed E-state index contributed by atoms with van der Waals surface area (Å²) in [6.45, 7) is 2.06. The lowest BCUT2D eigenvalue weighted by molar-refractivity contribution is -0.385. The first-order chi connectivity index (χ1) is 12.5. The molecule has 26 heavy (non-hydrogen) atoms. The zero-order valence-electron chi connectivity index (χ0n) is 14.1. The third-order valence-corrected chi connectivity index (χ3v) is 3.83. The first kappa shape index (κ1) is 17.5. The number of amides is 1. The Bertz CT molecular complexity index is 823. The van der Waals surface area contributed by atoms with Crippen molar-refractivity contribution in [2.75, 3.05) is 19.8 Å². The fraction of sp³-hybridized carbons (Fsp3) is 0.278. The molecule has 1 atom stereocenters. The lowest BCUT2D eigenvalue weighted by Gasteiger charge is -2.26. The van der Waals surface area contributed by atoms with Crippen LogP contribution in [0.1, 0.15) is 5.56 Å². The van der Waals surface area contributed by atoms with Gasteiger partial charge in [-0.25, -0.2) is 0 Å². The van der Waals surface area contributed by atoms with E-state index in [2.05, 4.69) is 5.32 Å². The number of para-hydroxylation sites is 2. The van der Waals surface area contributed by atoms with E-state index in [0.717, 1.165) is 0 Å². The SMILES string of the molecule is Cc1cc(OCC(=O)NC[C@H]2COc3ccccc3O2)ccc1[N+](=O)[O-]. The number of carbonyl (C=O) groups excluding carboxylic acids is 1. The minimum Gasteiger partial charge on any atom is -0.486 e. The molecule has 1 N–H and O–H groups in total. The van der Waals surface area contributed by atoms with Crippen LogP contribution < -0.4 is 19.5 Å². The molecule has 136 valence electrons. The summed E-state index contributed by atoms with van der Waals surface area (Å²) in [6.07, 6.45) is -0.282. The van der Waals surface area contributed by atoms with Crippen molar-refractivity contribution in [1.82, 2.24) is 5.32 Å². The summed E-state index contributed by atoms with van der Waals surface area (Å²) in [5, 5.41) is 13.5. The molecule has 0 fully saturated rings. The Morgan fingerprint density at radius 2 is 2.08 bits per heavy atom. The molecule has 1 aliphatic rings. The van der Waals surface area contributed by atoms with Crippen molar-refractivity contribution in [3.8, 4) is 17.2 Å². The molecule has 0 aromatic heterocycles. The van der Waals surface area contributed by atoms with Crippen molar-refractivity contribution in [2.45, 2.75) is 13.0 Å². The number of rotatable bonds is 6. The number of nitrogens with zero attached hydrogens (tertiary/aromatic N) is 1. The summed E-state index contributed by atoms with van der Waals surface area (Å²) in [4.78, 5) is 22.3. The number of nitro benzene ring substituents is 1. The van der Waals surface area contributed by atoms with Gasteiger partial charge in [0.05, 0.1) is 11.5 Å². The Labute approximate surface area is 149 Å². The molecule has 0 spiro atoms. The van der Waals surface area contributed by atoms with Gasteiger partial charge in [0.15, 0.2) is 18.1 Å². The second-order valence-corrected chi connectivity index (χ2v) is 5.80. The average molecular weight is 358 g/mol. The van der Waals surface area contributed by atoms with Gasteiger partial charge >= 0.3 is 0 Å². The van der Waals surface area contributed by atoms with Crippen LogP contribution in [0.5, 0.6) is 17.2 Å². The monoisotopic (exact) mass is 358 g/mol. The minimum atomic E-state index is -0.462. The number of hydrogen-bond acceptors (Lipinski definition) is 6. The molecule has 8 heteroatoms. The summed E-state index contributed by atoms with van der Waals surface area (Å²) in [5.41, 5.74) is 0.482. The Morgan fingerprint density at radius 3 is 2.81 bits per heavy atom. The summed E-state index contributed by atoms with van der Waals surface area (Å²) < 4.78 is 16.7. The zero-order chi connectivity index (χ0) is 18.5. The van der Waals surface area contributed by atoms with E-state index >= 15 is 0 Å². The molecule has 3 rings (SSSR count). The predicted octanol–water partition coefficient (Wildman–Crippen LogP) is 2.24. The number of ether oxygens (including phenoxy) is 3. The van der Waals surface area contributed by atoms with E-state index in [1.165, 1.54) is 18.2 Å². The minimum absolute atomic E-state index is 0.0107. The van der Waals surface area contributed by atoms with Crippen LogP contribution >= 0.6 is 0 Å². The van der Waals surface area contributed by atoms with Crippen LogP contribution in [0.3, 0.4) is 0 Å². The molecular formula is C18H18N2O6. The predicted molar refractivity (Wildman–Crippen MR) is 92.7 cm³/mol.